The second-order valence-corrected chi connectivity index (χ2v) is 5.76. The first-order chi connectivity index (χ1) is 11.5. The minimum atomic E-state index is -0.951. The summed E-state index contributed by atoms with van der Waals surface area (Å²) in [6.45, 7) is 3.23. The van der Waals surface area contributed by atoms with E-state index >= 15 is 0 Å². The highest BCUT2D eigenvalue weighted by Crippen LogP contribution is 2.25. The predicted molar refractivity (Wildman–Crippen MR) is 92.9 cm³/mol. The van der Waals surface area contributed by atoms with Gasteiger partial charge < -0.3 is 20.1 Å². The molecule has 0 spiro atoms. The summed E-state index contributed by atoms with van der Waals surface area (Å²) >= 11 is 1.17. The maximum absolute atomic E-state index is 12.3. The Morgan fingerprint density at radius 1 is 1.33 bits per heavy atom. The van der Waals surface area contributed by atoms with Crippen molar-refractivity contribution >= 4 is 34.1 Å². The molecule has 1 heterocycles. The highest BCUT2D eigenvalue weighted by Gasteiger charge is 2.24. The summed E-state index contributed by atoms with van der Waals surface area (Å²) in [7, 11) is 3.24. The molecule has 0 saturated carbocycles. The Kier molecular flexibility index (Phi) is 5.75. The van der Waals surface area contributed by atoms with Crippen LogP contribution in [0.25, 0.3) is 0 Å². The molecule has 1 aromatic heterocycles. The number of nitrogens with one attached hydrogen (secondary N) is 2. The first-order valence-electron chi connectivity index (χ1n) is 7.26. The smallest absolute Gasteiger partial charge is 0.343 e. The molecule has 128 valence electrons. The first kappa shape index (κ1) is 17.7. The van der Waals surface area contributed by atoms with E-state index in [0.29, 0.717) is 27.7 Å². The monoisotopic (exact) mass is 349 g/mol. The molecular formula is C16H19N3O4S. The molecule has 7 nitrogen and oxygen atoms in total. The van der Waals surface area contributed by atoms with E-state index in [1.54, 1.807) is 45.3 Å². The lowest BCUT2D eigenvalue weighted by Gasteiger charge is -2.14. The van der Waals surface area contributed by atoms with Crippen molar-refractivity contribution in [3.8, 4) is 5.75 Å². The molecular weight excluding hydrogens is 330 g/mol. The van der Waals surface area contributed by atoms with E-state index in [4.69, 9.17) is 9.47 Å². The maximum atomic E-state index is 12.3. The van der Waals surface area contributed by atoms with Crippen molar-refractivity contribution in [1.82, 2.24) is 4.37 Å². The van der Waals surface area contributed by atoms with Gasteiger partial charge in [0.05, 0.1) is 12.8 Å². The maximum Gasteiger partial charge on any atom is 0.343 e. The van der Waals surface area contributed by atoms with Gasteiger partial charge in [-0.15, -0.1) is 0 Å². The Morgan fingerprint density at radius 2 is 2.08 bits per heavy atom. The van der Waals surface area contributed by atoms with Crippen molar-refractivity contribution in [2.45, 2.75) is 20.0 Å². The van der Waals surface area contributed by atoms with Gasteiger partial charge >= 0.3 is 5.97 Å². The van der Waals surface area contributed by atoms with E-state index in [9.17, 15) is 9.59 Å². The normalized spacial score (nSPS) is 11.5. The number of carbonyl (C=O) groups excluding carboxylic acids is 2. The van der Waals surface area contributed by atoms with Crippen molar-refractivity contribution in [3.63, 3.8) is 0 Å². The zero-order valence-corrected chi connectivity index (χ0v) is 14.7. The van der Waals surface area contributed by atoms with Crippen molar-refractivity contribution in [2.24, 2.45) is 0 Å². The number of nitrogens with zero attached hydrogens (tertiary/aromatic N) is 1. The number of methoxy groups -OCH3 is 1. The third-order valence-corrected chi connectivity index (χ3v) is 4.24. The van der Waals surface area contributed by atoms with Gasteiger partial charge in [0.2, 0.25) is 0 Å². The van der Waals surface area contributed by atoms with Crippen LogP contribution in [-0.2, 0) is 9.53 Å². The summed E-state index contributed by atoms with van der Waals surface area (Å²) in [4.78, 5) is 24.5. The van der Waals surface area contributed by atoms with Crippen LogP contribution in [0.1, 0.15) is 23.0 Å². The van der Waals surface area contributed by atoms with Gasteiger partial charge in [-0.1, -0.05) is 6.07 Å². The van der Waals surface area contributed by atoms with E-state index in [1.165, 1.54) is 18.5 Å². The molecule has 0 aliphatic heterocycles. The third kappa shape index (κ3) is 4.02. The summed E-state index contributed by atoms with van der Waals surface area (Å²) in [6.07, 6.45) is -0.951. The fourth-order valence-corrected chi connectivity index (χ4v) is 2.73. The number of rotatable bonds is 6. The van der Waals surface area contributed by atoms with Gasteiger partial charge in [-0.2, -0.15) is 4.37 Å². The van der Waals surface area contributed by atoms with E-state index in [1.807, 2.05) is 0 Å². The summed E-state index contributed by atoms with van der Waals surface area (Å²) in [6, 6.07) is 6.93. The number of hydrogen-bond donors (Lipinski definition) is 2. The molecule has 0 saturated heterocycles. The first-order valence-corrected chi connectivity index (χ1v) is 8.03. The summed E-state index contributed by atoms with van der Waals surface area (Å²) < 4.78 is 14.5. The average Bonchev–Trinajstić information content (AvgIpc) is 2.95. The molecule has 0 bridgehead atoms. The molecule has 0 radical (unpaired) electrons. The van der Waals surface area contributed by atoms with Crippen LogP contribution >= 0.6 is 11.5 Å². The van der Waals surface area contributed by atoms with Gasteiger partial charge in [0.25, 0.3) is 5.91 Å². The largest absolute Gasteiger partial charge is 0.497 e. The Labute approximate surface area is 144 Å². The molecule has 2 rings (SSSR count). The topological polar surface area (TPSA) is 89.5 Å². The molecule has 2 aromatic rings. The Balaban J connectivity index is 2.03. The summed E-state index contributed by atoms with van der Waals surface area (Å²) in [5.41, 5.74) is 1.48. The van der Waals surface area contributed by atoms with Crippen LogP contribution < -0.4 is 15.4 Å². The minimum absolute atomic E-state index is 0.350. The molecule has 8 heteroatoms. The lowest BCUT2D eigenvalue weighted by Crippen LogP contribution is -2.30. The highest BCUT2D eigenvalue weighted by atomic mass is 32.1. The lowest BCUT2D eigenvalue weighted by atomic mass is 10.2. The van der Waals surface area contributed by atoms with Crippen LogP contribution in [0.4, 0.5) is 10.7 Å². The van der Waals surface area contributed by atoms with Crippen LogP contribution in [0.2, 0.25) is 0 Å². The molecule has 2 N–H and O–H groups in total. The number of carbonyl (C=O) groups is 2. The van der Waals surface area contributed by atoms with Gasteiger partial charge in [-0.05, 0) is 37.5 Å². The average molecular weight is 349 g/mol. The van der Waals surface area contributed by atoms with Gasteiger partial charge in [-0.25, -0.2) is 4.79 Å². The third-order valence-electron chi connectivity index (χ3n) is 3.28. The fraction of sp³-hybridized carbons (Fsp3) is 0.312. The molecule has 0 unspecified atom stereocenters. The van der Waals surface area contributed by atoms with Crippen LogP contribution in [0.3, 0.4) is 0 Å². The van der Waals surface area contributed by atoms with Crippen molar-refractivity contribution < 1.29 is 19.1 Å². The molecule has 0 aliphatic rings. The summed E-state index contributed by atoms with van der Waals surface area (Å²) in [5.74, 6) is -0.390. The van der Waals surface area contributed by atoms with Crippen molar-refractivity contribution in [1.29, 1.82) is 0 Å². The molecule has 1 amide bonds. The van der Waals surface area contributed by atoms with Gasteiger partial charge in [0, 0.05) is 18.8 Å². The molecule has 0 fully saturated rings. The zero-order chi connectivity index (χ0) is 17.7. The van der Waals surface area contributed by atoms with Crippen molar-refractivity contribution in [3.05, 3.63) is 35.5 Å². The highest BCUT2D eigenvalue weighted by molar-refractivity contribution is 7.10. The Hall–Kier alpha value is -2.61. The van der Waals surface area contributed by atoms with Gasteiger partial charge in [0.1, 0.15) is 16.3 Å². The number of amides is 1. The number of hydrogen-bond acceptors (Lipinski definition) is 7. The molecule has 24 heavy (non-hydrogen) atoms. The number of aryl methyl sites for hydroxylation is 1. The standard InChI is InChI=1S/C16H19N3O4S/c1-9-13(15(17-3)24-19-9)16(21)23-10(2)14(20)18-11-6-5-7-12(8-11)22-4/h5-8,10,17H,1-4H3,(H,18,20)/t10-/m0/s1. The SMILES string of the molecule is CNc1snc(C)c1C(=O)O[C@@H](C)C(=O)Nc1cccc(OC)c1. The van der Waals surface area contributed by atoms with E-state index in [-0.39, 0.29) is 0 Å². The van der Waals surface area contributed by atoms with Crippen LogP contribution in [0.15, 0.2) is 24.3 Å². The number of aromatic nitrogens is 1. The molecule has 1 aromatic carbocycles. The van der Waals surface area contributed by atoms with E-state index in [2.05, 4.69) is 15.0 Å². The number of benzene rings is 1. The molecule has 0 aliphatic carbocycles. The van der Waals surface area contributed by atoms with Crippen LogP contribution in [-0.4, -0.2) is 36.5 Å². The summed E-state index contributed by atoms with van der Waals surface area (Å²) in [5, 5.41) is 6.19. The van der Waals surface area contributed by atoms with Gasteiger partial charge in [-0.3, -0.25) is 4.79 Å². The molecule has 1 atom stereocenters. The quantitative estimate of drug-likeness (QED) is 0.780. The lowest BCUT2D eigenvalue weighted by molar-refractivity contribution is -0.123. The number of anilines is 2. The van der Waals surface area contributed by atoms with E-state index < -0.39 is 18.0 Å². The number of esters is 1. The van der Waals surface area contributed by atoms with Crippen molar-refractivity contribution in [2.75, 3.05) is 24.8 Å². The minimum Gasteiger partial charge on any atom is -0.497 e. The Morgan fingerprint density at radius 3 is 2.75 bits per heavy atom. The van der Waals surface area contributed by atoms with E-state index in [0.717, 1.165) is 0 Å². The van der Waals surface area contributed by atoms with Crippen LogP contribution in [0, 0.1) is 6.92 Å². The van der Waals surface area contributed by atoms with Gasteiger partial charge in [0.15, 0.2) is 6.10 Å². The Bertz CT molecular complexity index is 745. The van der Waals surface area contributed by atoms with Crippen LogP contribution in [0.5, 0.6) is 5.75 Å². The number of ether oxygens (including phenoxy) is 2. The second-order valence-electron chi connectivity index (χ2n) is 4.99. The fourth-order valence-electron chi connectivity index (χ4n) is 2.00. The second kappa shape index (κ2) is 7.78. The predicted octanol–water partition coefficient (Wildman–Crippen LogP) is 2.69. The zero-order valence-electron chi connectivity index (χ0n) is 13.9.